The van der Waals surface area contributed by atoms with Gasteiger partial charge in [0.05, 0.1) is 12.3 Å². The smallest absolute Gasteiger partial charge is 0.325 e. The maximum atomic E-state index is 13.4. The number of imidazole rings is 1. The maximum absolute atomic E-state index is 13.4. The van der Waals surface area contributed by atoms with Crippen LogP contribution in [0.2, 0.25) is 0 Å². The highest BCUT2D eigenvalue weighted by molar-refractivity contribution is 7.99. The van der Waals surface area contributed by atoms with Gasteiger partial charge in [-0.25, -0.2) is 13.6 Å². The minimum absolute atomic E-state index is 0.0408. The Morgan fingerprint density at radius 3 is 2.43 bits per heavy atom. The predicted molar refractivity (Wildman–Crippen MR) is 130 cm³/mol. The number of thioether (sulfide) groups is 1. The number of carbonyl (C=O) groups is 1. The second-order valence-electron chi connectivity index (χ2n) is 7.91. The van der Waals surface area contributed by atoms with Crippen molar-refractivity contribution in [2.75, 3.05) is 11.1 Å². The summed E-state index contributed by atoms with van der Waals surface area (Å²) in [7, 11) is 2.96. The zero-order chi connectivity index (χ0) is 24.7. The van der Waals surface area contributed by atoms with Crippen molar-refractivity contribution in [3.05, 3.63) is 86.8 Å². The number of nitrogens with zero attached hydrogens (tertiary/aromatic N) is 6. The normalized spacial score (nSPS) is 11.4. The molecule has 0 aliphatic carbocycles. The van der Waals surface area contributed by atoms with Crippen LogP contribution in [-0.2, 0) is 25.4 Å². The SMILES string of the molecule is Cn1c(=O)c2c(n(C)c1=O)n1c(SCC(=O)Nc3ccccc3)nnc1n2Cc1ccc(F)cc1. The summed E-state index contributed by atoms with van der Waals surface area (Å²) in [5.74, 6) is -0.241. The van der Waals surface area contributed by atoms with E-state index < -0.39 is 11.2 Å². The van der Waals surface area contributed by atoms with E-state index >= 15 is 0 Å². The molecule has 10 nitrogen and oxygen atoms in total. The molecule has 0 fully saturated rings. The first-order valence-corrected chi connectivity index (χ1v) is 11.6. The summed E-state index contributed by atoms with van der Waals surface area (Å²) in [6.45, 7) is 0.206. The lowest BCUT2D eigenvalue weighted by Gasteiger charge is -2.08. The van der Waals surface area contributed by atoms with Gasteiger partial charge in [0.15, 0.2) is 16.3 Å². The Hall–Kier alpha value is -4.19. The van der Waals surface area contributed by atoms with E-state index in [0.29, 0.717) is 22.3 Å². The van der Waals surface area contributed by atoms with Gasteiger partial charge in [-0.1, -0.05) is 42.1 Å². The highest BCUT2D eigenvalue weighted by Crippen LogP contribution is 2.24. The van der Waals surface area contributed by atoms with E-state index in [1.165, 1.54) is 23.7 Å². The van der Waals surface area contributed by atoms with Gasteiger partial charge >= 0.3 is 5.69 Å². The van der Waals surface area contributed by atoms with Crippen molar-refractivity contribution in [2.45, 2.75) is 11.7 Å². The molecule has 35 heavy (non-hydrogen) atoms. The van der Waals surface area contributed by atoms with E-state index in [1.807, 2.05) is 18.2 Å². The molecule has 0 atom stereocenters. The van der Waals surface area contributed by atoms with Gasteiger partial charge < -0.3 is 5.32 Å². The number of aromatic nitrogens is 6. The standard InChI is InChI=1S/C23H20FN7O3S/c1-28-19-18(20(33)29(2)23(28)34)30(12-14-8-10-15(24)11-9-14)21-26-27-22(31(19)21)35-13-17(32)25-16-6-4-3-5-7-16/h3-11H,12-13H2,1-2H3,(H,25,32). The van der Waals surface area contributed by atoms with Gasteiger partial charge in [0.1, 0.15) is 5.82 Å². The van der Waals surface area contributed by atoms with Crippen molar-refractivity contribution in [3.8, 4) is 0 Å². The number of hydrogen-bond donors (Lipinski definition) is 1. The molecule has 0 unspecified atom stereocenters. The van der Waals surface area contributed by atoms with Crippen molar-refractivity contribution >= 4 is 40.3 Å². The summed E-state index contributed by atoms with van der Waals surface area (Å²) in [5, 5.41) is 11.6. The van der Waals surface area contributed by atoms with Gasteiger partial charge in [-0.2, -0.15) is 0 Å². The first-order valence-electron chi connectivity index (χ1n) is 10.6. The van der Waals surface area contributed by atoms with Gasteiger partial charge in [-0.15, -0.1) is 10.2 Å². The van der Waals surface area contributed by atoms with Crippen molar-refractivity contribution < 1.29 is 9.18 Å². The molecule has 0 saturated carbocycles. The van der Waals surface area contributed by atoms with Crippen LogP contribution in [0.5, 0.6) is 0 Å². The average molecular weight is 494 g/mol. The molecule has 0 spiro atoms. The van der Waals surface area contributed by atoms with E-state index in [-0.39, 0.29) is 29.5 Å². The van der Waals surface area contributed by atoms with Crippen LogP contribution in [0.4, 0.5) is 10.1 Å². The van der Waals surface area contributed by atoms with Gasteiger partial charge in [0, 0.05) is 19.8 Å². The molecule has 3 heterocycles. The number of halogens is 1. The Bertz CT molecular complexity index is 1680. The number of nitrogens with one attached hydrogen (secondary N) is 1. The summed E-state index contributed by atoms with van der Waals surface area (Å²) in [6.07, 6.45) is 0. The number of aryl methyl sites for hydroxylation is 1. The van der Waals surface area contributed by atoms with E-state index in [9.17, 15) is 18.8 Å². The van der Waals surface area contributed by atoms with Crippen LogP contribution in [-0.4, -0.2) is 40.0 Å². The van der Waals surface area contributed by atoms with Gasteiger partial charge in [-0.3, -0.25) is 23.3 Å². The number of rotatable bonds is 6. The third kappa shape index (κ3) is 4.01. The van der Waals surface area contributed by atoms with Crippen molar-refractivity contribution in [3.63, 3.8) is 0 Å². The van der Waals surface area contributed by atoms with Crippen LogP contribution >= 0.6 is 11.8 Å². The van der Waals surface area contributed by atoms with Crippen LogP contribution in [0.1, 0.15) is 5.56 Å². The molecule has 0 aliphatic heterocycles. The Morgan fingerprint density at radius 2 is 1.71 bits per heavy atom. The highest BCUT2D eigenvalue weighted by Gasteiger charge is 2.24. The minimum atomic E-state index is -0.505. The Kier molecular flexibility index (Phi) is 5.73. The van der Waals surface area contributed by atoms with Gasteiger partial charge in [0.2, 0.25) is 11.7 Å². The molecule has 0 aliphatic rings. The molecular weight excluding hydrogens is 473 g/mol. The Labute approximate surface area is 201 Å². The lowest BCUT2D eigenvalue weighted by atomic mass is 10.2. The quantitative estimate of drug-likeness (QED) is 0.363. The molecule has 0 bridgehead atoms. The number of benzene rings is 2. The predicted octanol–water partition coefficient (Wildman–Crippen LogP) is 2.00. The van der Waals surface area contributed by atoms with Gasteiger partial charge in [0.25, 0.3) is 5.56 Å². The molecule has 12 heteroatoms. The summed E-state index contributed by atoms with van der Waals surface area (Å²) >= 11 is 1.14. The molecule has 0 radical (unpaired) electrons. The number of anilines is 1. The Morgan fingerprint density at radius 1 is 1.00 bits per heavy atom. The number of carbonyl (C=O) groups excluding carboxylic acids is 1. The Balaban J connectivity index is 1.59. The largest absolute Gasteiger partial charge is 0.332 e. The van der Waals surface area contributed by atoms with E-state index in [4.69, 9.17) is 0 Å². The highest BCUT2D eigenvalue weighted by atomic mass is 32.2. The van der Waals surface area contributed by atoms with Crippen LogP contribution in [0.25, 0.3) is 16.9 Å². The number of hydrogen-bond acceptors (Lipinski definition) is 6. The monoisotopic (exact) mass is 493 g/mol. The van der Waals surface area contributed by atoms with E-state index in [0.717, 1.165) is 21.9 Å². The van der Waals surface area contributed by atoms with Gasteiger partial charge in [-0.05, 0) is 29.8 Å². The molecule has 3 aromatic heterocycles. The zero-order valence-electron chi connectivity index (χ0n) is 18.8. The zero-order valence-corrected chi connectivity index (χ0v) is 19.6. The van der Waals surface area contributed by atoms with Crippen LogP contribution in [0.3, 0.4) is 0 Å². The molecule has 178 valence electrons. The second-order valence-corrected chi connectivity index (χ2v) is 8.85. The molecule has 1 N–H and O–H groups in total. The summed E-state index contributed by atoms with van der Waals surface area (Å²) in [6, 6.07) is 15.0. The van der Waals surface area contributed by atoms with Crippen LogP contribution < -0.4 is 16.6 Å². The topological polar surface area (TPSA) is 108 Å². The first-order chi connectivity index (χ1) is 16.8. The summed E-state index contributed by atoms with van der Waals surface area (Å²) in [5.41, 5.74) is 0.973. The van der Waals surface area contributed by atoms with Crippen molar-refractivity contribution in [1.29, 1.82) is 0 Å². The number of para-hydroxylation sites is 1. The van der Waals surface area contributed by atoms with E-state index in [2.05, 4.69) is 15.5 Å². The molecule has 2 aromatic carbocycles. The summed E-state index contributed by atoms with van der Waals surface area (Å²) in [4.78, 5) is 38.3. The molecule has 5 aromatic rings. The fraction of sp³-hybridized carbons (Fsp3) is 0.174. The van der Waals surface area contributed by atoms with Crippen molar-refractivity contribution in [1.82, 2.24) is 28.3 Å². The first kappa shape index (κ1) is 22.6. The third-order valence-electron chi connectivity index (χ3n) is 5.59. The molecule has 5 rings (SSSR count). The number of fused-ring (bicyclic) bond motifs is 3. The lowest BCUT2D eigenvalue weighted by molar-refractivity contribution is -0.113. The lowest BCUT2D eigenvalue weighted by Crippen LogP contribution is -2.37. The second kappa shape index (κ2) is 8.87. The third-order valence-corrected chi connectivity index (χ3v) is 6.52. The molecular formula is C23H20FN7O3S. The van der Waals surface area contributed by atoms with Crippen LogP contribution in [0.15, 0.2) is 69.3 Å². The van der Waals surface area contributed by atoms with E-state index in [1.54, 1.807) is 40.3 Å². The minimum Gasteiger partial charge on any atom is -0.325 e. The van der Waals surface area contributed by atoms with Crippen LogP contribution in [0, 0.1) is 5.82 Å². The summed E-state index contributed by atoms with van der Waals surface area (Å²) < 4.78 is 19.0. The average Bonchev–Trinajstić information content (AvgIpc) is 3.41. The fourth-order valence-electron chi connectivity index (χ4n) is 3.89. The fourth-order valence-corrected chi connectivity index (χ4v) is 4.62. The molecule has 1 amide bonds. The number of amides is 1. The van der Waals surface area contributed by atoms with Crippen molar-refractivity contribution in [2.24, 2.45) is 14.1 Å². The molecule has 0 saturated heterocycles. The maximum Gasteiger partial charge on any atom is 0.332 e.